The van der Waals surface area contributed by atoms with Gasteiger partial charge in [0.15, 0.2) is 5.69 Å². The summed E-state index contributed by atoms with van der Waals surface area (Å²) in [5.41, 5.74) is 0.116. The minimum Gasteiger partial charge on any atom is -0.465 e. The number of hydrogen-bond donors (Lipinski definition) is 4. The van der Waals surface area contributed by atoms with Gasteiger partial charge in [0.25, 0.3) is 5.91 Å². The molecule has 0 spiro atoms. The minimum atomic E-state index is -4.86. The number of carbonyl (C=O) groups excluding carboxylic acids is 1. The predicted molar refractivity (Wildman–Crippen MR) is 147 cm³/mol. The Labute approximate surface area is 238 Å². The first-order chi connectivity index (χ1) is 20.1. The van der Waals surface area contributed by atoms with Crippen LogP contribution < -0.4 is 16.0 Å². The Bertz CT molecular complexity index is 1590. The van der Waals surface area contributed by atoms with Gasteiger partial charge in [-0.25, -0.2) is 13.9 Å². The molecule has 1 heterocycles. The highest BCUT2D eigenvalue weighted by Gasteiger charge is 2.36. The predicted octanol–water partition coefficient (Wildman–Crippen LogP) is 6.14. The summed E-state index contributed by atoms with van der Waals surface area (Å²) in [5, 5.41) is 20.6. The van der Waals surface area contributed by atoms with Crippen molar-refractivity contribution in [2.45, 2.75) is 31.6 Å². The number of rotatable bonds is 10. The number of hydrogen-bond acceptors (Lipinski definition) is 4. The van der Waals surface area contributed by atoms with E-state index in [1.165, 1.54) is 30.3 Å². The molecule has 1 aliphatic carbocycles. The molecule has 4 aromatic rings. The molecule has 0 radical (unpaired) electrons. The van der Waals surface area contributed by atoms with E-state index in [0.717, 1.165) is 29.6 Å². The Morgan fingerprint density at radius 2 is 1.74 bits per heavy atom. The fourth-order valence-electron chi connectivity index (χ4n) is 4.54. The number of nitrogens with one attached hydrogen (secondary N) is 3. The van der Waals surface area contributed by atoms with Crippen molar-refractivity contribution in [1.82, 2.24) is 20.4 Å². The van der Waals surface area contributed by atoms with Crippen LogP contribution >= 0.6 is 0 Å². The standard InChI is InChI=1S/C30H27F4N5O3/c31-23-12-11-21(27(35-16-18-9-10-18)20-6-2-1-3-7-20)14-24(23)37-28(40)25-15-26(30(32,33)34)38-39(25)22-8-4-5-19(13-22)17-36-29(41)42/h1-8,11-15,18,27,35-36H,9-10,16-17H2,(H,37,40)(H,41,42). The van der Waals surface area contributed by atoms with Crippen molar-refractivity contribution in [1.29, 1.82) is 0 Å². The van der Waals surface area contributed by atoms with Gasteiger partial charge in [0.1, 0.15) is 11.5 Å². The van der Waals surface area contributed by atoms with E-state index in [0.29, 0.717) is 23.1 Å². The zero-order valence-corrected chi connectivity index (χ0v) is 22.2. The molecule has 2 amide bonds. The number of carbonyl (C=O) groups is 2. The zero-order valence-electron chi connectivity index (χ0n) is 22.2. The molecule has 0 saturated heterocycles. The van der Waals surface area contributed by atoms with Gasteiger partial charge in [-0.1, -0.05) is 48.5 Å². The third kappa shape index (κ3) is 6.95. The van der Waals surface area contributed by atoms with E-state index in [-0.39, 0.29) is 24.0 Å². The lowest BCUT2D eigenvalue weighted by Gasteiger charge is -2.21. The molecule has 8 nitrogen and oxygen atoms in total. The van der Waals surface area contributed by atoms with E-state index in [2.05, 4.69) is 21.0 Å². The Balaban J connectivity index is 1.46. The van der Waals surface area contributed by atoms with Gasteiger partial charge >= 0.3 is 12.3 Å². The minimum absolute atomic E-state index is 0.0861. The van der Waals surface area contributed by atoms with Gasteiger partial charge in [-0.05, 0) is 66.3 Å². The number of benzene rings is 3. The Morgan fingerprint density at radius 3 is 2.43 bits per heavy atom. The molecule has 0 bridgehead atoms. The summed E-state index contributed by atoms with van der Waals surface area (Å²) < 4.78 is 56.6. The van der Waals surface area contributed by atoms with E-state index < -0.39 is 35.4 Å². The normalized spacial score (nSPS) is 13.9. The topological polar surface area (TPSA) is 108 Å². The average Bonchev–Trinajstić information content (AvgIpc) is 3.67. The lowest BCUT2D eigenvalue weighted by atomic mass is 9.97. The molecule has 1 aliphatic rings. The Morgan fingerprint density at radius 1 is 0.976 bits per heavy atom. The monoisotopic (exact) mass is 581 g/mol. The number of aromatic nitrogens is 2. The molecule has 1 aromatic heterocycles. The maximum atomic E-state index is 15.0. The first-order valence-corrected chi connectivity index (χ1v) is 13.2. The van der Waals surface area contributed by atoms with E-state index in [1.54, 1.807) is 12.1 Å². The fourth-order valence-corrected chi connectivity index (χ4v) is 4.54. The highest BCUT2D eigenvalue weighted by atomic mass is 19.4. The maximum Gasteiger partial charge on any atom is 0.435 e. The quantitative estimate of drug-likeness (QED) is 0.168. The SMILES string of the molecule is O=C(O)NCc1cccc(-n2nc(C(F)(F)F)cc2C(=O)Nc2cc(C(NCC3CC3)c3ccccc3)ccc2F)c1. The molecule has 1 saturated carbocycles. The van der Waals surface area contributed by atoms with Crippen LogP contribution in [0.1, 0.15) is 51.8 Å². The molecule has 1 fully saturated rings. The van der Waals surface area contributed by atoms with Gasteiger partial charge in [-0.2, -0.15) is 18.3 Å². The molecule has 1 atom stereocenters. The van der Waals surface area contributed by atoms with Crippen molar-refractivity contribution >= 4 is 17.7 Å². The highest BCUT2D eigenvalue weighted by molar-refractivity contribution is 6.03. The Hall–Kier alpha value is -4.71. The molecular weight excluding hydrogens is 554 g/mol. The summed E-state index contributed by atoms with van der Waals surface area (Å²) in [4.78, 5) is 24.2. The van der Waals surface area contributed by atoms with Gasteiger partial charge < -0.3 is 21.1 Å². The molecule has 5 rings (SSSR count). The van der Waals surface area contributed by atoms with Crippen molar-refractivity contribution in [2.75, 3.05) is 11.9 Å². The van der Waals surface area contributed by atoms with Crippen molar-refractivity contribution in [2.24, 2.45) is 5.92 Å². The summed E-state index contributed by atoms with van der Waals surface area (Å²) in [6, 6.07) is 20.0. The number of alkyl halides is 3. The number of halogens is 4. The zero-order chi connectivity index (χ0) is 29.9. The first kappa shape index (κ1) is 28.8. The molecule has 218 valence electrons. The van der Waals surface area contributed by atoms with Gasteiger partial charge in [-0.3, -0.25) is 4.79 Å². The van der Waals surface area contributed by atoms with E-state index in [4.69, 9.17) is 5.11 Å². The highest BCUT2D eigenvalue weighted by Crippen LogP contribution is 2.32. The summed E-state index contributed by atoms with van der Waals surface area (Å²) >= 11 is 0. The van der Waals surface area contributed by atoms with Crippen LogP contribution in [0.4, 0.5) is 28.0 Å². The van der Waals surface area contributed by atoms with Crippen molar-refractivity contribution < 1.29 is 32.3 Å². The molecule has 4 N–H and O–H groups in total. The van der Waals surface area contributed by atoms with Crippen molar-refractivity contribution in [3.8, 4) is 5.69 Å². The average molecular weight is 582 g/mol. The molecule has 3 aromatic carbocycles. The lowest BCUT2D eigenvalue weighted by Crippen LogP contribution is -2.25. The molecule has 12 heteroatoms. The summed E-state index contributed by atoms with van der Waals surface area (Å²) in [5.74, 6) is -1.20. The van der Waals surface area contributed by atoms with Crippen LogP contribution in [-0.2, 0) is 12.7 Å². The van der Waals surface area contributed by atoms with Crippen molar-refractivity contribution in [3.63, 3.8) is 0 Å². The van der Waals surface area contributed by atoms with Crippen LogP contribution in [0.2, 0.25) is 0 Å². The van der Waals surface area contributed by atoms with Crippen molar-refractivity contribution in [3.05, 3.63) is 113 Å². The summed E-state index contributed by atoms with van der Waals surface area (Å²) in [6.07, 6.45) is -3.87. The second kappa shape index (κ2) is 12.0. The largest absolute Gasteiger partial charge is 0.465 e. The van der Waals surface area contributed by atoms with E-state index in [1.807, 2.05) is 30.3 Å². The number of amides is 2. The van der Waals surface area contributed by atoms with Crippen LogP contribution in [0.3, 0.4) is 0 Å². The Kier molecular flexibility index (Phi) is 8.25. The second-order valence-electron chi connectivity index (χ2n) is 10.0. The first-order valence-electron chi connectivity index (χ1n) is 13.2. The summed E-state index contributed by atoms with van der Waals surface area (Å²) in [7, 11) is 0. The van der Waals surface area contributed by atoms with Gasteiger partial charge in [0.05, 0.1) is 17.4 Å². The molecule has 0 aliphatic heterocycles. The number of anilines is 1. The van der Waals surface area contributed by atoms with Crippen LogP contribution in [-0.4, -0.2) is 33.4 Å². The molecular formula is C30H27F4N5O3. The van der Waals surface area contributed by atoms with Gasteiger partial charge in [0.2, 0.25) is 0 Å². The van der Waals surface area contributed by atoms with Gasteiger partial charge in [-0.15, -0.1) is 0 Å². The smallest absolute Gasteiger partial charge is 0.435 e. The third-order valence-electron chi connectivity index (χ3n) is 6.84. The molecule has 1 unspecified atom stereocenters. The van der Waals surface area contributed by atoms with Crippen LogP contribution in [0.15, 0.2) is 78.9 Å². The van der Waals surface area contributed by atoms with E-state index >= 15 is 0 Å². The molecule has 42 heavy (non-hydrogen) atoms. The number of nitrogens with zero attached hydrogens (tertiary/aromatic N) is 2. The third-order valence-corrected chi connectivity index (χ3v) is 6.84. The fraction of sp³-hybridized carbons (Fsp3) is 0.233. The summed E-state index contributed by atoms with van der Waals surface area (Å²) in [6.45, 7) is 0.645. The van der Waals surface area contributed by atoms with Gasteiger partial charge in [0, 0.05) is 12.6 Å². The van der Waals surface area contributed by atoms with Crippen LogP contribution in [0.5, 0.6) is 0 Å². The lowest BCUT2D eigenvalue weighted by molar-refractivity contribution is -0.141. The van der Waals surface area contributed by atoms with Crippen LogP contribution in [0, 0.1) is 11.7 Å². The number of carboxylic acid groups (broad SMARTS) is 1. The maximum absolute atomic E-state index is 15.0. The second-order valence-corrected chi connectivity index (χ2v) is 10.0. The van der Waals surface area contributed by atoms with Crippen LogP contribution in [0.25, 0.3) is 5.69 Å². The van der Waals surface area contributed by atoms with E-state index in [9.17, 15) is 27.2 Å².